The number of benzene rings is 1. The van der Waals surface area contributed by atoms with E-state index in [-0.39, 0.29) is 5.54 Å². The highest BCUT2D eigenvalue weighted by molar-refractivity contribution is 5.42. The van der Waals surface area contributed by atoms with Gasteiger partial charge < -0.3 is 10.1 Å². The molecule has 0 unspecified atom stereocenters. The zero-order valence-corrected chi connectivity index (χ0v) is 9.83. The maximum Gasteiger partial charge on any atom is 0.124 e. The van der Waals surface area contributed by atoms with Gasteiger partial charge in [0, 0.05) is 11.5 Å². The van der Waals surface area contributed by atoms with Gasteiger partial charge in [0.2, 0.25) is 0 Å². The Morgan fingerprint density at radius 1 is 1.31 bits per heavy atom. The summed E-state index contributed by atoms with van der Waals surface area (Å²) < 4.78 is 5.88. The smallest absolute Gasteiger partial charge is 0.124 e. The average molecular weight is 217 g/mol. The molecule has 0 spiro atoms. The predicted octanol–water partition coefficient (Wildman–Crippen LogP) is 2.68. The summed E-state index contributed by atoms with van der Waals surface area (Å²) in [6.07, 6.45) is 5.20. The lowest BCUT2D eigenvalue weighted by molar-refractivity contribution is 0.0672. The van der Waals surface area contributed by atoms with Crippen LogP contribution in [0.3, 0.4) is 0 Å². The SMILES string of the molecule is CN[C@@]12CCCC[C@@H]1COc1ccccc12. The van der Waals surface area contributed by atoms with E-state index < -0.39 is 0 Å². The van der Waals surface area contributed by atoms with Gasteiger partial charge in [0.1, 0.15) is 5.75 Å². The average Bonchev–Trinajstić information content (AvgIpc) is 2.38. The Morgan fingerprint density at radius 2 is 2.19 bits per heavy atom. The molecule has 1 N–H and O–H groups in total. The molecule has 3 rings (SSSR count). The quantitative estimate of drug-likeness (QED) is 0.781. The van der Waals surface area contributed by atoms with E-state index in [1.54, 1.807) is 0 Å². The molecule has 1 saturated carbocycles. The largest absolute Gasteiger partial charge is 0.493 e. The summed E-state index contributed by atoms with van der Waals surface area (Å²) in [5.41, 5.74) is 1.54. The number of rotatable bonds is 1. The van der Waals surface area contributed by atoms with Crippen LogP contribution >= 0.6 is 0 Å². The zero-order chi connectivity index (χ0) is 11.0. The van der Waals surface area contributed by atoms with E-state index >= 15 is 0 Å². The second-order valence-electron chi connectivity index (χ2n) is 4.97. The maximum atomic E-state index is 5.88. The molecule has 1 fully saturated rings. The van der Waals surface area contributed by atoms with Crippen LogP contribution in [-0.2, 0) is 5.54 Å². The van der Waals surface area contributed by atoms with Gasteiger partial charge in [-0.15, -0.1) is 0 Å². The molecule has 2 nitrogen and oxygen atoms in total. The van der Waals surface area contributed by atoms with E-state index in [1.165, 1.54) is 31.2 Å². The Balaban J connectivity index is 2.11. The van der Waals surface area contributed by atoms with Crippen molar-refractivity contribution in [1.82, 2.24) is 5.32 Å². The van der Waals surface area contributed by atoms with Crippen LogP contribution in [0.15, 0.2) is 24.3 Å². The Hall–Kier alpha value is -1.02. The number of ether oxygens (including phenoxy) is 1. The second kappa shape index (κ2) is 3.77. The molecule has 2 aliphatic rings. The van der Waals surface area contributed by atoms with E-state index in [0.29, 0.717) is 5.92 Å². The van der Waals surface area contributed by atoms with Gasteiger partial charge in [0.05, 0.1) is 12.1 Å². The van der Waals surface area contributed by atoms with Crippen molar-refractivity contribution in [2.45, 2.75) is 31.2 Å². The third kappa shape index (κ3) is 1.29. The molecule has 1 aromatic carbocycles. The Kier molecular flexibility index (Phi) is 2.40. The number of nitrogens with one attached hydrogen (secondary N) is 1. The Bertz CT molecular complexity index is 390. The lowest BCUT2D eigenvalue weighted by Gasteiger charge is -2.48. The minimum atomic E-state index is 0.174. The van der Waals surface area contributed by atoms with Gasteiger partial charge in [-0.25, -0.2) is 0 Å². The Morgan fingerprint density at radius 3 is 3.06 bits per heavy atom. The van der Waals surface area contributed by atoms with E-state index in [4.69, 9.17) is 4.74 Å². The van der Waals surface area contributed by atoms with Crippen molar-refractivity contribution in [2.24, 2.45) is 5.92 Å². The van der Waals surface area contributed by atoms with Gasteiger partial charge in [0.25, 0.3) is 0 Å². The van der Waals surface area contributed by atoms with Crippen LogP contribution < -0.4 is 10.1 Å². The van der Waals surface area contributed by atoms with Crippen molar-refractivity contribution in [3.8, 4) is 5.75 Å². The molecule has 0 radical (unpaired) electrons. The zero-order valence-electron chi connectivity index (χ0n) is 9.83. The van der Waals surface area contributed by atoms with Gasteiger partial charge in [-0.1, -0.05) is 31.0 Å². The van der Waals surface area contributed by atoms with Gasteiger partial charge >= 0.3 is 0 Å². The van der Waals surface area contributed by atoms with Gasteiger partial charge in [-0.05, 0) is 26.0 Å². The van der Waals surface area contributed by atoms with Crippen molar-refractivity contribution in [1.29, 1.82) is 0 Å². The Labute approximate surface area is 97.0 Å². The molecule has 1 aliphatic carbocycles. The monoisotopic (exact) mass is 217 g/mol. The topological polar surface area (TPSA) is 21.3 Å². The maximum absolute atomic E-state index is 5.88. The first-order valence-electron chi connectivity index (χ1n) is 6.28. The van der Waals surface area contributed by atoms with Crippen LogP contribution in [0.25, 0.3) is 0 Å². The van der Waals surface area contributed by atoms with Crippen LogP contribution in [0, 0.1) is 5.92 Å². The molecule has 1 aromatic rings. The number of hydrogen-bond acceptors (Lipinski definition) is 2. The number of para-hydroxylation sites is 1. The lowest BCUT2D eigenvalue weighted by Crippen LogP contribution is -2.52. The van der Waals surface area contributed by atoms with E-state index in [0.717, 1.165) is 12.4 Å². The first-order chi connectivity index (χ1) is 7.87. The molecule has 16 heavy (non-hydrogen) atoms. The van der Waals surface area contributed by atoms with Gasteiger partial charge in [-0.2, -0.15) is 0 Å². The molecular weight excluding hydrogens is 198 g/mol. The highest BCUT2D eigenvalue weighted by Gasteiger charge is 2.45. The minimum absolute atomic E-state index is 0.174. The molecule has 86 valence electrons. The molecule has 2 atom stereocenters. The summed E-state index contributed by atoms with van der Waals surface area (Å²) in [6.45, 7) is 0.873. The second-order valence-corrected chi connectivity index (χ2v) is 4.97. The summed E-state index contributed by atoms with van der Waals surface area (Å²) in [5.74, 6) is 1.72. The number of fused-ring (bicyclic) bond motifs is 3. The van der Waals surface area contributed by atoms with E-state index in [9.17, 15) is 0 Å². The van der Waals surface area contributed by atoms with Crippen molar-refractivity contribution in [3.63, 3.8) is 0 Å². The molecule has 0 aromatic heterocycles. The molecule has 2 heteroatoms. The molecule has 1 heterocycles. The first-order valence-corrected chi connectivity index (χ1v) is 6.28. The van der Waals surface area contributed by atoms with E-state index in [1.807, 2.05) is 0 Å². The van der Waals surface area contributed by atoms with Crippen LogP contribution in [0.1, 0.15) is 31.2 Å². The fourth-order valence-corrected chi connectivity index (χ4v) is 3.44. The fourth-order valence-electron chi connectivity index (χ4n) is 3.44. The molecular formula is C14H19NO. The highest BCUT2D eigenvalue weighted by atomic mass is 16.5. The first kappa shape index (κ1) is 10.2. The summed E-state index contributed by atoms with van der Waals surface area (Å²) in [7, 11) is 2.10. The summed E-state index contributed by atoms with van der Waals surface area (Å²) >= 11 is 0. The summed E-state index contributed by atoms with van der Waals surface area (Å²) in [4.78, 5) is 0. The summed E-state index contributed by atoms with van der Waals surface area (Å²) in [5, 5.41) is 3.60. The fraction of sp³-hybridized carbons (Fsp3) is 0.571. The van der Waals surface area contributed by atoms with Crippen molar-refractivity contribution >= 4 is 0 Å². The molecule has 0 saturated heterocycles. The molecule has 0 amide bonds. The van der Waals surface area contributed by atoms with Gasteiger partial charge in [0.15, 0.2) is 0 Å². The van der Waals surface area contributed by atoms with Crippen LogP contribution in [0.2, 0.25) is 0 Å². The summed E-state index contributed by atoms with van der Waals surface area (Å²) in [6, 6.07) is 8.51. The third-order valence-electron chi connectivity index (χ3n) is 4.32. The third-order valence-corrected chi connectivity index (χ3v) is 4.32. The normalized spacial score (nSPS) is 32.4. The van der Waals surface area contributed by atoms with Crippen LogP contribution in [-0.4, -0.2) is 13.7 Å². The van der Waals surface area contributed by atoms with Crippen molar-refractivity contribution in [2.75, 3.05) is 13.7 Å². The van der Waals surface area contributed by atoms with Crippen molar-refractivity contribution < 1.29 is 4.74 Å². The minimum Gasteiger partial charge on any atom is -0.493 e. The predicted molar refractivity (Wildman–Crippen MR) is 64.6 cm³/mol. The van der Waals surface area contributed by atoms with Crippen molar-refractivity contribution in [3.05, 3.63) is 29.8 Å². The highest BCUT2D eigenvalue weighted by Crippen LogP contribution is 2.47. The standard InChI is InChI=1S/C14H19NO/c1-15-14-9-5-4-6-11(14)10-16-13-8-3-2-7-12(13)14/h2-3,7-8,11,15H,4-6,9-10H2,1H3/t11-,14+/m1/s1. The number of hydrogen-bond donors (Lipinski definition) is 1. The van der Waals surface area contributed by atoms with Crippen LogP contribution in [0.4, 0.5) is 0 Å². The lowest BCUT2D eigenvalue weighted by atomic mass is 9.68. The molecule has 0 bridgehead atoms. The van der Waals surface area contributed by atoms with E-state index in [2.05, 4.69) is 36.6 Å². The molecule has 1 aliphatic heterocycles. The van der Waals surface area contributed by atoms with Crippen LogP contribution in [0.5, 0.6) is 5.75 Å². The van der Waals surface area contributed by atoms with Gasteiger partial charge in [-0.3, -0.25) is 0 Å².